The van der Waals surface area contributed by atoms with Crippen LogP contribution in [0.2, 0.25) is 0 Å². The molecule has 4 fully saturated rings. The van der Waals surface area contributed by atoms with E-state index < -0.39 is 0 Å². The summed E-state index contributed by atoms with van der Waals surface area (Å²) in [6.45, 7) is 0. The molecule has 198 valence electrons. The molecule has 8 rings (SSSR count). The molecule has 4 bridgehead atoms. The van der Waals surface area contributed by atoms with Crippen molar-refractivity contribution in [3.8, 4) is 17.1 Å². The lowest BCUT2D eigenvalue weighted by Crippen LogP contribution is -2.59. The summed E-state index contributed by atoms with van der Waals surface area (Å²) < 4.78 is 5.17. The molecule has 7 heteroatoms. The zero-order valence-electron chi connectivity index (χ0n) is 22.0. The minimum atomic E-state index is -0.201. The number of nitrogens with one attached hydrogen (secondary N) is 3. The maximum absolute atomic E-state index is 13.2. The van der Waals surface area contributed by atoms with Crippen molar-refractivity contribution in [2.45, 2.75) is 44.1 Å². The first-order chi connectivity index (χ1) is 18.9. The Morgan fingerprint density at radius 1 is 0.846 bits per heavy atom. The Bertz CT molecular complexity index is 1520. The topological polar surface area (TPSA) is 96.1 Å². The molecule has 1 heterocycles. The van der Waals surface area contributed by atoms with Crippen molar-refractivity contribution in [2.24, 2.45) is 17.8 Å². The fourth-order valence-corrected chi connectivity index (χ4v) is 7.52. The fraction of sp³-hybridized carbons (Fsp3) is 0.344. The first-order valence-corrected chi connectivity index (χ1v) is 13.8. The van der Waals surface area contributed by atoms with Gasteiger partial charge in [0, 0.05) is 27.9 Å². The first kappa shape index (κ1) is 23.9. The number of carbonyl (C=O) groups is 2. The number of hydrogen-bond acceptors (Lipinski definition) is 4. The second kappa shape index (κ2) is 9.26. The van der Waals surface area contributed by atoms with E-state index in [9.17, 15) is 9.59 Å². The Hall–Kier alpha value is -4.13. The molecule has 4 aliphatic rings. The maximum Gasteiger partial charge on any atom is 0.255 e. The summed E-state index contributed by atoms with van der Waals surface area (Å²) in [6.07, 6.45) is 7.49. The van der Waals surface area contributed by atoms with E-state index in [1.807, 2.05) is 30.3 Å². The molecule has 0 radical (unpaired) electrons. The highest BCUT2D eigenvalue weighted by atomic mass is 16.5. The summed E-state index contributed by atoms with van der Waals surface area (Å²) in [6, 6.07) is 20.3. The van der Waals surface area contributed by atoms with Gasteiger partial charge in [-0.15, -0.1) is 0 Å². The third-order valence-electron chi connectivity index (χ3n) is 8.93. The molecule has 3 N–H and O–H groups in total. The lowest BCUT2D eigenvalue weighted by Gasteiger charge is -2.56. The summed E-state index contributed by atoms with van der Waals surface area (Å²) in [5.41, 5.74) is 4.35. The van der Waals surface area contributed by atoms with Crippen LogP contribution in [0.15, 0.2) is 66.7 Å². The van der Waals surface area contributed by atoms with Gasteiger partial charge in [-0.25, -0.2) is 4.98 Å². The van der Waals surface area contributed by atoms with Crippen LogP contribution in [0.25, 0.3) is 22.4 Å². The molecule has 3 aromatic carbocycles. The van der Waals surface area contributed by atoms with Gasteiger partial charge in [-0.3, -0.25) is 9.59 Å². The van der Waals surface area contributed by atoms with Gasteiger partial charge in [-0.2, -0.15) is 0 Å². The van der Waals surface area contributed by atoms with Gasteiger partial charge in [0.1, 0.15) is 11.6 Å². The normalized spacial score (nSPS) is 25.0. The summed E-state index contributed by atoms with van der Waals surface area (Å²) in [5.74, 6) is 3.64. The van der Waals surface area contributed by atoms with Crippen LogP contribution in [0.5, 0.6) is 5.75 Å². The van der Waals surface area contributed by atoms with E-state index in [1.165, 1.54) is 19.3 Å². The molecule has 0 unspecified atom stereocenters. The number of rotatable bonds is 6. The van der Waals surface area contributed by atoms with Crippen LogP contribution in [0.1, 0.15) is 59.2 Å². The third-order valence-corrected chi connectivity index (χ3v) is 8.93. The zero-order valence-corrected chi connectivity index (χ0v) is 22.0. The molecule has 1 aromatic heterocycles. The van der Waals surface area contributed by atoms with Crippen LogP contribution in [0.4, 0.5) is 5.69 Å². The molecule has 0 spiro atoms. The molecule has 4 saturated carbocycles. The molecule has 0 aliphatic heterocycles. The maximum atomic E-state index is 13.2. The van der Waals surface area contributed by atoms with Crippen molar-refractivity contribution >= 4 is 28.5 Å². The number of aromatic nitrogens is 2. The number of amides is 2. The number of nitrogens with zero attached hydrogens (tertiary/aromatic N) is 1. The van der Waals surface area contributed by atoms with Gasteiger partial charge in [0.2, 0.25) is 0 Å². The number of fused-ring (bicyclic) bond motifs is 1. The van der Waals surface area contributed by atoms with Crippen LogP contribution in [-0.4, -0.2) is 34.4 Å². The zero-order chi connectivity index (χ0) is 26.6. The molecule has 7 nitrogen and oxygen atoms in total. The summed E-state index contributed by atoms with van der Waals surface area (Å²) in [4.78, 5) is 34.0. The van der Waals surface area contributed by atoms with Crippen LogP contribution in [-0.2, 0) is 0 Å². The number of hydrogen-bond donors (Lipinski definition) is 3. The Morgan fingerprint density at radius 2 is 1.49 bits per heavy atom. The Labute approximate surface area is 227 Å². The van der Waals surface area contributed by atoms with Crippen molar-refractivity contribution in [1.82, 2.24) is 15.3 Å². The number of aromatic amines is 1. The minimum Gasteiger partial charge on any atom is -0.497 e. The van der Waals surface area contributed by atoms with Gasteiger partial charge in [0.05, 0.1) is 18.1 Å². The highest BCUT2D eigenvalue weighted by molar-refractivity contribution is 6.06. The van der Waals surface area contributed by atoms with E-state index in [-0.39, 0.29) is 17.4 Å². The quantitative estimate of drug-likeness (QED) is 0.282. The molecule has 4 aliphatic carbocycles. The van der Waals surface area contributed by atoms with Gasteiger partial charge in [0.25, 0.3) is 11.8 Å². The highest BCUT2D eigenvalue weighted by Gasteiger charge is 2.51. The first-order valence-electron chi connectivity index (χ1n) is 13.8. The second-order valence-corrected chi connectivity index (χ2v) is 11.7. The van der Waals surface area contributed by atoms with Crippen molar-refractivity contribution in [2.75, 3.05) is 12.4 Å². The predicted octanol–water partition coefficient (Wildman–Crippen LogP) is 6.19. The Morgan fingerprint density at radius 3 is 2.13 bits per heavy atom. The lowest BCUT2D eigenvalue weighted by molar-refractivity contribution is -0.0167. The van der Waals surface area contributed by atoms with Crippen molar-refractivity contribution in [3.05, 3.63) is 77.9 Å². The fourth-order valence-electron chi connectivity index (χ4n) is 7.52. The number of benzene rings is 3. The summed E-state index contributed by atoms with van der Waals surface area (Å²) in [5, 5.41) is 6.36. The van der Waals surface area contributed by atoms with Crippen LogP contribution < -0.4 is 15.4 Å². The SMILES string of the molecule is COc1ccc(NC(=O)c2ccc3nc(-c4ccc(C(=O)NC56CC7CC(CC(C7)C5)C6)cc4)[nH]c3c2)cc1. The standard InChI is InChI=1S/C32H32N4O3/c1-39-26-9-7-25(8-10-26)33-30(37)24-6-11-27-28(15-24)35-29(34-27)22-2-4-23(5-3-22)31(38)36-32-16-19-12-20(17-32)14-21(13-19)18-32/h2-11,15,19-21H,12-14,16-18H2,1H3,(H,33,37)(H,34,35)(H,36,38). The Kier molecular flexibility index (Phi) is 5.69. The number of methoxy groups -OCH3 is 1. The van der Waals surface area contributed by atoms with E-state index in [2.05, 4.69) is 15.6 Å². The van der Waals surface area contributed by atoms with E-state index in [4.69, 9.17) is 9.72 Å². The predicted molar refractivity (Wildman–Crippen MR) is 151 cm³/mol. The van der Waals surface area contributed by atoms with Crippen LogP contribution in [0, 0.1) is 17.8 Å². The number of anilines is 1. The van der Waals surface area contributed by atoms with Crippen molar-refractivity contribution in [3.63, 3.8) is 0 Å². The number of carbonyl (C=O) groups excluding carboxylic acids is 2. The van der Waals surface area contributed by atoms with E-state index in [1.54, 1.807) is 43.5 Å². The highest BCUT2D eigenvalue weighted by Crippen LogP contribution is 2.55. The van der Waals surface area contributed by atoms with Gasteiger partial charge < -0.3 is 20.4 Å². The smallest absolute Gasteiger partial charge is 0.255 e. The number of ether oxygens (including phenoxy) is 1. The molecular weight excluding hydrogens is 488 g/mol. The van der Waals surface area contributed by atoms with Gasteiger partial charge in [0.15, 0.2) is 0 Å². The van der Waals surface area contributed by atoms with Crippen LogP contribution in [0.3, 0.4) is 0 Å². The molecule has 4 aromatic rings. The summed E-state index contributed by atoms with van der Waals surface area (Å²) >= 11 is 0. The number of H-pyrrole nitrogens is 1. The molecule has 39 heavy (non-hydrogen) atoms. The van der Waals surface area contributed by atoms with Crippen LogP contribution >= 0.6 is 0 Å². The monoisotopic (exact) mass is 520 g/mol. The molecule has 0 atom stereocenters. The lowest BCUT2D eigenvalue weighted by atomic mass is 9.53. The third kappa shape index (κ3) is 4.56. The van der Waals surface area contributed by atoms with E-state index in [0.717, 1.165) is 59.4 Å². The minimum absolute atomic E-state index is 0.000610. The van der Waals surface area contributed by atoms with Crippen molar-refractivity contribution < 1.29 is 14.3 Å². The molecule has 2 amide bonds. The number of imidazole rings is 1. The van der Waals surface area contributed by atoms with E-state index >= 15 is 0 Å². The summed E-state index contributed by atoms with van der Waals surface area (Å²) in [7, 11) is 1.61. The van der Waals surface area contributed by atoms with Crippen molar-refractivity contribution in [1.29, 1.82) is 0 Å². The molecule has 0 saturated heterocycles. The molecular formula is C32H32N4O3. The largest absolute Gasteiger partial charge is 0.497 e. The average molecular weight is 521 g/mol. The van der Waals surface area contributed by atoms with Gasteiger partial charge in [-0.05, 0) is 111 Å². The Balaban J connectivity index is 1.05. The van der Waals surface area contributed by atoms with Gasteiger partial charge >= 0.3 is 0 Å². The van der Waals surface area contributed by atoms with E-state index in [0.29, 0.717) is 22.6 Å². The average Bonchev–Trinajstić information content (AvgIpc) is 3.36. The second-order valence-electron chi connectivity index (χ2n) is 11.7. The van der Waals surface area contributed by atoms with Gasteiger partial charge in [-0.1, -0.05) is 12.1 Å².